The first-order chi connectivity index (χ1) is 8.72. The quantitative estimate of drug-likeness (QED) is 0.803. The first-order valence-corrected chi connectivity index (χ1v) is 7.74. The highest BCUT2D eigenvalue weighted by molar-refractivity contribution is 4.80. The maximum absolute atomic E-state index is 5.51. The average Bonchev–Trinajstić information content (AvgIpc) is 2.34. The maximum atomic E-state index is 5.51. The van der Waals surface area contributed by atoms with Crippen LogP contribution in [-0.4, -0.2) is 49.3 Å². The molecule has 0 bridgehead atoms. The van der Waals surface area contributed by atoms with E-state index in [0.717, 1.165) is 25.4 Å². The van der Waals surface area contributed by atoms with Crippen LogP contribution in [0.3, 0.4) is 0 Å². The second kappa shape index (κ2) is 7.05. The van der Waals surface area contributed by atoms with Crippen molar-refractivity contribution < 1.29 is 4.74 Å². The van der Waals surface area contributed by atoms with Gasteiger partial charge in [0, 0.05) is 25.7 Å². The summed E-state index contributed by atoms with van der Waals surface area (Å²) in [6.45, 7) is 15.9. The molecule has 1 aliphatic rings. The van der Waals surface area contributed by atoms with Crippen molar-refractivity contribution in [3.63, 3.8) is 0 Å². The smallest absolute Gasteiger partial charge is 0.0634 e. The molecule has 19 heavy (non-hydrogen) atoms. The summed E-state index contributed by atoms with van der Waals surface area (Å²) in [4.78, 5) is 2.61. The third-order valence-corrected chi connectivity index (χ3v) is 4.11. The van der Waals surface area contributed by atoms with Crippen LogP contribution in [0.25, 0.3) is 0 Å². The summed E-state index contributed by atoms with van der Waals surface area (Å²) in [6.07, 6.45) is 3.82. The van der Waals surface area contributed by atoms with Crippen LogP contribution in [0, 0.1) is 5.92 Å². The number of hydrogen-bond donors (Lipinski definition) is 1. The Kier molecular flexibility index (Phi) is 6.28. The molecule has 114 valence electrons. The molecule has 0 aromatic heterocycles. The highest BCUT2D eigenvalue weighted by Crippen LogP contribution is 2.19. The Morgan fingerprint density at radius 2 is 1.89 bits per heavy atom. The average molecular weight is 270 g/mol. The summed E-state index contributed by atoms with van der Waals surface area (Å²) in [7, 11) is 1.81. The largest absolute Gasteiger partial charge is 0.379 e. The van der Waals surface area contributed by atoms with Crippen molar-refractivity contribution in [2.24, 2.45) is 5.92 Å². The lowest BCUT2D eigenvalue weighted by Gasteiger charge is -2.36. The number of nitrogens with zero attached hydrogens (tertiary/aromatic N) is 1. The van der Waals surface area contributed by atoms with Crippen molar-refractivity contribution in [2.45, 2.75) is 65.0 Å². The third kappa shape index (κ3) is 7.28. The normalized spacial score (nSPS) is 22.7. The van der Waals surface area contributed by atoms with Crippen molar-refractivity contribution in [1.82, 2.24) is 10.2 Å². The summed E-state index contributed by atoms with van der Waals surface area (Å²) < 4.78 is 5.51. The van der Waals surface area contributed by atoms with Crippen LogP contribution in [0.2, 0.25) is 0 Å². The van der Waals surface area contributed by atoms with Crippen molar-refractivity contribution in [1.29, 1.82) is 0 Å². The lowest BCUT2D eigenvalue weighted by atomic mass is 9.95. The molecule has 1 rings (SSSR count). The fraction of sp³-hybridized carbons (Fsp3) is 1.00. The molecule has 3 heteroatoms. The minimum Gasteiger partial charge on any atom is -0.379 e. The number of piperidine rings is 1. The Labute approximate surface area is 120 Å². The molecule has 1 heterocycles. The van der Waals surface area contributed by atoms with Crippen LogP contribution < -0.4 is 5.32 Å². The molecular weight excluding hydrogens is 236 g/mol. The minimum absolute atomic E-state index is 0.0105. The zero-order valence-electron chi connectivity index (χ0n) is 13.9. The number of likely N-dealkylation sites (tertiary alicyclic amines) is 1. The van der Waals surface area contributed by atoms with Gasteiger partial charge in [0.25, 0.3) is 0 Å². The van der Waals surface area contributed by atoms with E-state index < -0.39 is 0 Å². The Balaban J connectivity index is 2.30. The zero-order chi connectivity index (χ0) is 14.5. The molecule has 0 spiro atoms. The molecule has 0 amide bonds. The van der Waals surface area contributed by atoms with E-state index in [0.29, 0.717) is 0 Å². The van der Waals surface area contributed by atoms with Crippen LogP contribution >= 0.6 is 0 Å². The van der Waals surface area contributed by atoms with Crippen LogP contribution in [0.5, 0.6) is 0 Å². The summed E-state index contributed by atoms with van der Waals surface area (Å²) in [5, 5.41) is 3.64. The highest BCUT2D eigenvalue weighted by atomic mass is 16.5. The second-order valence-corrected chi connectivity index (χ2v) is 7.65. The number of methoxy groups -OCH3 is 1. The van der Waals surface area contributed by atoms with Gasteiger partial charge in [0.1, 0.15) is 0 Å². The summed E-state index contributed by atoms with van der Waals surface area (Å²) in [6, 6.07) is 0. The van der Waals surface area contributed by atoms with Gasteiger partial charge >= 0.3 is 0 Å². The van der Waals surface area contributed by atoms with E-state index in [1.54, 1.807) is 0 Å². The Morgan fingerprint density at radius 3 is 2.47 bits per heavy atom. The summed E-state index contributed by atoms with van der Waals surface area (Å²) >= 11 is 0. The molecular formula is C16H34N2O. The Hall–Kier alpha value is -0.120. The van der Waals surface area contributed by atoms with Gasteiger partial charge in [-0.3, -0.25) is 0 Å². The third-order valence-electron chi connectivity index (χ3n) is 4.11. The molecule has 1 saturated heterocycles. The molecule has 0 radical (unpaired) electrons. The van der Waals surface area contributed by atoms with Crippen molar-refractivity contribution >= 4 is 0 Å². The van der Waals surface area contributed by atoms with Gasteiger partial charge in [0.05, 0.1) is 5.60 Å². The Bertz CT molecular complexity index is 258. The molecule has 3 nitrogen and oxygen atoms in total. The molecule has 0 aliphatic carbocycles. The van der Waals surface area contributed by atoms with Crippen LogP contribution in [0.1, 0.15) is 53.9 Å². The van der Waals surface area contributed by atoms with Crippen molar-refractivity contribution in [3.05, 3.63) is 0 Å². The predicted octanol–water partition coefficient (Wildman–Crippen LogP) is 2.90. The lowest BCUT2D eigenvalue weighted by molar-refractivity contribution is 0.00406. The van der Waals surface area contributed by atoms with Gasteiger partial charge in [-0.1, -0.05) is 0 Å². The molecule has 1 aliphatic heterocycles. The van der Waals surface area contributed by atoms with Gasteiger partial charge < -0.3 is 15.0 Å². The maximum Gasteiger partial charge on any atom is 0.0634 e. The minimum atomic E-state index is 0.0105. The number of rotatable bonds is 6. The van der Waals surface area contributed by atoms with Crippen LogP contribution in [-0.2, 0) is 4.74 Å². The number of hydrogen-bond acceptors (Lipinski definition) is 3. The van der Waals surface area contributed by atoms with E-state index in [1.165, 1.54) is 25.9 Å². The van der Waals surface area contributed by atoms with Crippen molar-refractivity contribution in [3.8, 4) is 0 Å². The Morgan fingerprint density at radius 1 is 1.21 bits per heavy atom. The SMILES string of the molecule is COC(C)(C)CCN1CCCC(CNC(C)(C)C)C1. The summed E-state index contributed by atoms with van der Waals surface area (Å²) in [5.74, 6) is 0.804. The summed E-state index contributed by atoms with van der Waals surface area (Å²) in [5.41, 5.74) is 0.247. The lowest BCUT2D eigenvalue weighted by Crippen LogP contribution is -2.45. The van der Waals surface area contributed by atoms with E-state index in [4.69, 9.17) is 4.74 Å². The number of nitrogens with one attached hydrogen (secondary N) is 1. The molecule has 0 aromatic carbocycles. The molecule has 0 aromatic rings. The van der Waals surface area contributed by atoms with E-state index in [2.05, 4.69) is 44.8 Å². The first-order valence-electron chi connectivity index (χ1n) is 7.74. The van der Waals surface area contributed by atoms with E-state index in [1.807, 2.05) is 7.11 Å². The first kappa shape index (κ1) is 16.9. The fourth-order valence-corrected chi connectivity index (χ4v) is 2.50. The van der Waals surface area contributed by atoms with E-state index in [9.17, 15) is 0 Å². The highest BCUT2D eigenvalue weighted by Gasteiger charge is 2.23. The fourth-order valence-electron chi connectivity index (χ4n) is 2.50. The van der Waals surface area contributed by atoms with Gasteiger partial charge in [-0.15, -0.1) is 0 Å². The molecule has 1 unspecified atom stereocenters. The monoisotopic (exact) mass is 270 g/mol. The molecule has 1 atom stereocenters. The van der Waals surface area contributed by atoms with Gasteiger partial charge in [0.15, 0.2) is 0 Å². The van der Waals surface area contributed by atoms with Crippen LogP contribution in [0.4, 0.5) is 0 Å². The molecule has 1 fully saturated rings. The standard InChI is InChI=1S/C16H34N2O/c1-15(2,3)17-12-14-8-7-10-18(13-14)11-9-16(4,5)19-6/h14,17H,7-13H2,1-6H3. The van der Waals surface area contributed by atoms with Crippen LogP contribution in [0.15, 0.2) is 0 Å². The van der Waals surface area contributed by atoms with Crippen molar-refractivity contribution in [2.75, 3.05) is 33.3 Å². The topological polar surface area (TPSA) is 24.5 Å². The van der Waals surface area contributed by atoms with Gasteiger partial charge in [-0.05, 0) is 72.9 Å². The van der Waals surface area contributed by atoms with Gasteiger partial charge in [0.2, 0.25) is 0 Å². The molecule has 0 saturated carbocycles. The number of ether oxygens (including phenoxy) is 1. The zero-order valence-corrected chi connectivity index (χ0v) is 13.9. The van der Waals surface area contributed by atoms with E-state index in [-0.39, 0.29) is 11.1 Å². The molecule has 1 N–H and O–H groups in total. The predicted molar refractivity (Wildman–Crippen MR) is 82.6 cm³/mol. The van der Waals surface area contributed by atoms with Gasteiger partial charge in [-0.25, -0.2) is 0 Å². The second-order valence-electron chi connectivity index (χ2n) is 7.65. The van der Waals surface area contributed by atoms with Gasteiger partial charge in [-0.2, -0.15) is 0 Å². The van der Waals surface area contributed by atoms with E-state index >= 15 is 0 Å².